The van der Waals surface area contributed by atoms with E-state index in [-0.39, 0.29) is 11.8 Å². The van der Waals surface area contributed by atoms with Crippen LogP contribution in [0.25, 0.3) is 0 Å². The lowest BCUT2D eigenvalue weighted by molar-refractivity contribution is 0.0673. The number of piperidine rings is 1. The minimum atomic E-state index is -3.22. The summed E-state index contributed by atoms with van der Waals surface area (Å²) in [6.45, 7) is 1.53. The lowest BCUT2D eigenvalue weighted by atomic mass is 9.97. The first-order chi connectivity index (χ1) is 11.3. The second kappa shape index (κ2) is 7.85. The highest BCUT2D eigenvalue weighted by atomic mass is 32.2. The summed E-state index contributed by atoms with van der Waals surface area (Å²) in [7, 11) is -0.149. The molecule has 2 rings (SSSR count). The van der Waals surface area contributed by atoms with Crippen LogP contribution >= 0.6 is 0 Å². The molecule has 1 unspecified atom stereocenters. The summed E-state index contributed by atoms with van der Waals surface area (Å²) in [6, 6.07) is 5.10. The van der Waals surface area contributed by atoms with Crippen LogP contribution in [0.2, 0.25) is 0 Å². The van der Waals surface area contributed by atoms with E-state index < -0.39 is 10.0 Å². The molecule has 1 aromatic rings. The molecule has 1 amide bonds. The molecular formula is C16H24N2O5S. The Morgan fingerprint density at radius 1 is 1.33 bits per heavy atom. The smallest absolute Gasteiger partial charge is 0.257 e. The number of nitrogens with one attached hydrogen (secondary N) is 1. The zero-order chi connectivity index (χ0) is 17.7. The molecule has 1 aliphatic rings. The lowest BCUT2D eigenvalue weighted by Crippen LogP contribution is -2.43. The van der Waals surface area contributed by atoms with Gasteiger partial charge < -0.3 is 14.4 Å². The van der Waals surface area contributed by atoms with Crippen LogP contribution in [0.4, 0.5) is 0 Å². The average molecular weight is 356 g/mol. The number of hydrogen-bond acceptors (Lipinski definition) is 5. The van der Waals surface area contributed by atoms with Gasteiger partial charge in [0.2, 0.25) is 10.0 Å². The number of nitrogens with zero attached hydrogens (tertiary/aromatic N) is 1. The van der Waals surface area contributed by atoms with Gasteiger partial charge in [0.05, 0.1) is 26.0 Å². The highest BCUT2D eigenvalue weighted by Crippen LogP contribution is 2.27. The Balaban J connectivity index is 2.09. The number of rotatable bonds is 6. The first-order valence-electron chi connectivity index (χ1n) is 7.80. The molecule has 1 aliphatic heterocycles. The molecule has 0 saturated carbocycles. The minimum Gasteiger partial charge on any atom is -0.497 e. The van der Waals surface area contributed by atoms with E-state index >= 15 is 0 Å². The molecular weight excluding hydrogens is 332 g/mol. The number of carbonyl (C=O) groups is 1. The highest BCUT2D eigenvalue weighted by Gasteiger charge is 2.26. The molecule has 1 atom stereocenters. The van der Waals surface area contributed by atoms with E-state index in [1.54, 1.807) is 30.2 Å². The van der Waals surface area contributed by atoms with Crippen molar-refractivity contribution >= 4 is 15.9 Å². The Bertz CT molecular complexity index is 690. The van der Waals surface area contributed by atoms with E-state index in [2.05, 4.69) is 4.72 Å². The third-order valence-corrected chi connectivity index (χ3v) is 4.77. The van der Waals surface area contributed by atoms with Crippen LogP contribution in [0.5, 0.6) is 11.5 Å². The molecule has 1 aromatic carbocycles. The Hall–Kier alpha value is -1.80. The number of amides is 1. The van der Waals surface area contributed by atoms with Crippen LogP contribution in [0.15, 0.2) is 18.2 Å². The van der Waals surface area contributed by atoms with Crippen molar-refractivity contribution in [3.8, 4) is 11.5 Å². The van der Waals surface area contributed by atoms with Gasteiger partial charge in [0.25, 0.3) is 5.91 Å². The Labute approximate surface area is 143 Å². The molecule has 0 spiro atoms. The van der Waals surface area contributed by atoms with E-state index in [9.17, 15) is 13.2 Å². The molecule has 0 bridgehead atoms. The summed E-state index contributed by atoms with van der Waals surface area (Å²) < 4.78 is 35.4. The van der Waals surface area contributed by atoms with Gasteiger partial charge in [0, 0.05) is 25.7 Å². The van der Waals surface area contributed by atoms with Crippen LogP contribution < -0.4 is 14.2 Å². The largest absolute Gasteiger partial charge is 0.497 e. The van der Waals surface area contributed by atoms with Crippen molar-refractivity contribution in [2.45, 2.75) is 12.8 Å². The zero-order valence-corrected chi connectivity index (χ0v) is 15.1. The summed E-state index contributed by atoms with van der Waals surface area (Å²) in [6.07, 6.45) is 2.88. The molecule has 1 heterocycles. The molecule has 8 heteroatoms. The van der Waals surface area contributed by atoms with E-state index in [1.807, 2.05) is 0 Å². The third-order valence-electron chi connectivity index (χ3n) is 4.08. The van der Waals surface area contributed by atoms with Gasteiger partial charge in [-0.3, -0.25) is 4.79 Å². The second-order valence-electron chi connectivity index (χ2n) is 5.95. The fourth-order valence-electron chi connectivity index (χ4n) is 2.83. The summed E-state index contributed by atoms with van der Waals surface area (Å²) in [5.74, 6) is 1.09. The van der Waals surface area contributed by atoms with E-state index in [4.69, 9.17) is 9.47 Å². The Morgan fingerprint density at radius 3 is 2.71 bits per heavy atom. The van der Waals surface area contributed by atoms with Gasteiger partial charge in [-0.1, -0.05) is 0 Å². The average Bonchev–Trinajstić information content (AvgIpc) is 2.58. The molecule has 1 fully saturated rings. The quantitative estimate of drug-likeness (QED) is 0.825. The SMILES string of the molecule is COc1ccc(C(=O)N2CCCC(CNS(C)(=O)=O)C2)c(OC)c1. The number of hydrogen-bond donors (Lipinski definition) is 1. The van der Waals surface area contributed by atoms with Gasteiger partial charge in [-0.25, -0.2) is 13.1 Å². The topological polar surface area (TPSA) is 84.9 Å². The number of likely N-dealkylation sites (tertiary alicyclic amines) is 1. The number of methoxy groups -OCH3 is 2. The standard InChI is InChI=1S/C16H24N2O5S/c1-22-13-6-7-14(15(9-13)23-2)16(19)18-8-4-5-12(11-18)10-17-24(3,20)21/h6-7,9,12,17H,4-5,8,10-11H2,1-3H3. The van der Waals surface area contributed by atoms with Gasteiger partial charge in [-0.05, 0) is 30.9 Å². The maximum absolute atomic E-state index is 12.8. The van der Waals surface area contributed by atoms with Crippen LogP contribution in [-0.4, -0.2) is 59.3 Å². The van der Waals surface area contributed by atoms with E-state index in [0.29, 0.717) is 36.7 Å². The normalized spacial score (nSPS) is 18.3. The third kappa shape index (κ3) is 4.85. The van der Waals surface area contributed by atoms with Crippen LogP contribution in [0.3, 0.4) is 0 Å². The second-order valence-corrected chi connectivity index (χ2v) is 7.78. The summed E-state index contributed by atoms with van der Waals surface area (Å²) in [5, 5.41) is 0. The predicted octanol–water partition coefficient (Wildman–Crippen LogP) is 1.11. The van der Waals surface area contributed by atoms with E-state index in [0.717, 1.165) is 19.1 Å². The lowest BCUT2D eigenvalue weighted by Gasteiger charge is -2.33. The van der Waals surface area contributed by atoms with Gasteiger partial charge >= 0.3 is 0 Å². The van der Waals surface area contributed by atoms with Gasteiger partial charge in [0.1, 0.15) is 11.5 Å². The summed E-state index contributed by atoms with van der Waals surface area (Å²) in [5.41, 5.74) is 0.482. The van der Waals surface area contributed by atoms with Crippen molar-refractivity contribution in [1.29, 1.82) is 0 Å². The van der Waals surface area contributed by atoms with Crippen LogP contribution in [-0.2, 0) is 10.0 Å². The first-order valence-corrected chi connectivity index (χ1v) is 9.69. The first kappa shape index (κ1) is 18.5. The molecule has 134 valence electrons. The predicted molar refractivity (Wildman–Crippen MR) is 91.0 cm³/mol. The Kier molecular flexibility index (Phi) is 6.06. The Morgan fingerprint density at radius 2 is 2.08 bits per heavy atom. The fourth-order valence-corrected chi connectivity index (χ4v) is 3.37. The molecule has 24 heavy (non-hydrogen) atoms. The maximum Gasteiger partial charge on any atom is 0.257 e. The molecule has 0 radical (unpaired) electrons. The number of sulfonamides is 1. The fraction of sp³-hybridized carbons (Fsp3) is 0.562. The number of carbonyl (C=O) groups excluding carboxylic acids is 1. The zero-order valence-electron chi connectivity index (χ0n) is 14.2. The molecule has 1 N–H and O–H groups in total. The summed E-state index contributed by atoms with van der Waals surface area (Å²) in [4.78, 5) is 14.5. The van der Waals surface area contributed by atoms with Crippen molar-refractivity contribution in [2.24, 2.45) is 5.92 Å². The number of benzene rings is 1. The molecule has 7 nitrogen and oxygen atoms in total. The monoisotopic (exact) mass is 356 g/mol. The highest BCUT2D eigenvalue weighted by molar-refractivity contribution is 7.88. The van der Waals surface area contributed by atoms with Crippen molar-refractivity contribution in [3.63, 3.8) is 0 Å². The molecule has 0 aliphatic carbocycles. The van der Waals surface area contributed by atoms with Crippen molar-refractivity contribution < 1.29 is 22.7 Å². The minimum absolute atomic E-state index is 0.112. The van der Waals surface area contributed by atoms with Crippen molar-refractivity contribution in [1.82, 2.24) is 9.62 Å². The summed E-state index contributed by atoms with van der Waals surface area (Å²) >= 11 is 0. The molecule has 1 saturated heterocycles. The maximum atomic E-state index is 12.8. The van der Waals surface area contributed by atoms with E-state index in [1.165, 1.54) is 7.11 Å². The van der Waals surface area contributed by atoms with Crippen molar-refractivity contribution in [3.05, 3.63) is 23.8 Å². The van der Waals surface area contributed by atoms with Crippen LogP contribution in [0, 0.1) is 5.92 Å². The van der Waals surface area contributed by atoms with Crippen LogP contribution in [0.1, 0.15) is 23.2 Å². The van der Waals surface area contributed by atoms with Gasteiger partial charge in [0.15, 0.2) is 0 Å². The van der Waals surface area contributed by atoms with Gasteiger partial charge in [-0.2, -0.15) is 0 Å². The van der Waals surface area contributed by atoms with Gasteiger partial charge in [-0.15, -0.1) is 0 Å². The molecule has 0 aromatic heterocycles. The number of ether oxygens (including phenoxy) is 2. The van der Waals surface area contributed by atoms with Crippen molar-refractivity contribution in [2.75, 3.05) is 40.1 Å².